The highest BCUT2D eigenvalue weighted by Crippen LogP contribution is 2.33. The van der Waals surface area contributed by atoms with Crippen LogP contribution in [0, 0.1) is 5.82 Å². The number of rotatable bonds is 7. The van der Waals surface area contributed by atoms with E-state index in [2.05, 4.69) is 29.1 Å². The maximum atomic E-state index is 13.9. The molecule has 2 fully saturated rings. The van der Waals surface area contributed by atoms with E-state index in [1.165, 1.54) is 16.7 Å². The van der Waals surface area contributed by atoms with Crippen LogP contribution in [0.1, 0.15) is 37.2 Å². The van der Waals surface area contributed by atoms with Crippen molar-refractivity contribution in [3.05, 3.63) is 77.3 Å². The molecule has 0 bridgehead atoms. The first kappa shape index (κ1) is 30.9. The minimum Gasteiger partial charge on any atom is -0.493 e. The van der Waals surface area contributed by atoms with Crippen LogP contribution in [0.3, 0.4) is 0 Å². The Balaban J connectivity index is 1.31. The van der Waals surface area contributed by atoms with Crippen molar-refractivity contribution in [1.82, 2.24) is 24.7 Å². The molecule has 9 nitrogen and oxygen atoms in total. The van der Waals surface area contributed by atoms with Crippen molar-refractivity contribution < 1.29 is 18.7 Å². The van der Waals surface area contributed by atoms with Crippen LogP contribution in [-0.4, -0.2) is 89.8 Å². The smallest absolute Gasteiger partial charge is 0.328 e. The summed E-state index contributed by atoms with van der Waals surface area (Å²) in [4.78, 5) is 38.8. The summed E-state index contributed by atoms with van der Waals surface area (Å²) < 4.78 is 21.3. The van der Waals surface area contributed by atoms with E-state index in [4.69, 9.17) is 21.3 Å². The number of hydrogen-bond acceptors (Lipinski definition) is 6. The van der Waals surface area contributed by atoms with E-state index in [9.17, 15) is 14.0 Å². The van der Waals surface area contributed by atoms with Crippen molar-refractivity contribution >= 4 is 40.1 Å². The van der Waals surface area contributed by atoms with Crippen LogP contribution in [-0.2, 0) is 0 Å². The fraction of sp³-hybridized carbons (Fsp3) is 0.382. The number of para-hydroxylation sites is 1. The quantitative estimate of drug-likeness (QED) is 0.273. The van der Waals surface area contributed by atoms with Gasteiger partial charge in [-0.25, -0.2) is 14.2 Å². The third-order valence-electron chi connectivity index (χ3n) is 8.72. The van der Waals surface area contributed by atoms with Crippen LogP contribution in [0.4, 0.5) is 14.9 Å². The molecule has 45 heavy (non-hydrogen) atoms. The van der Waals surface area contributed by atoms with Crippen molar-refractivity contribution in [2.75, 3.05) is 51.3 Å². The molecule has 2 atom stereocenters. The molecule has 6 rings (SSSR count). The first-order valence-corrected chi connectivity index (χ1v) is 15.9. The lowest BCUT2D eigenvalue weighted by Crippen LogP contribution is -2.56. The summed E-state index contributed by atoms with van der Waals surface area (Å²) in [5.41, 5.74) is 3.06. The number of ether oxygens (including phenoxy) is 1. The van der Waals surface area contributed by atoms with Crippen molar-refractivity contribution in [2.45, 2.75) is 38.8 Å². The van der Waals surface area contributed by atoms with Crippen molar-refractivity contribution in [3.63, 3.8) is 0 Å². The molecular formula is C34H38ClFN6O3. The third kappa shape index (κ3) is 6.21. The number of likely N-dealkylation sites (tertiary alicyclic amines) is 1. The van der Waals surface area contributed by atoms with E-state index in [1.807, 2.05) is 43.3 Å². The van der Waals surface area contributed by atoms with Gasteiger partial charge in [0.1, 0.15) is 11.6 Å². The van der Waals surface area contributed by atoms with Gasteiger partial charge in [0.15, 0.2) is 5.69 Å². The fourth-order valence-electron chi connectivity index (χ4n) is 6.47. The molecule has 0 saturated carbocycles. The summed E-state index contributed by atoms with van der Waals surface area (Å²) in [6, 6.07) is 15.7. The van der Waals surface area contributed by atoms with Crippen LogP contribution in [0.2, 0.25) is 5.02 Å². The van der Waals surface area contributed by atoms with Gasteiger partial charge < -0.3 is 24.8 Å². The van der Waals surface area contributed by atoms with E-state index in [-0.39, 0.29) is 29.0 Å². The molecule has 2 amide bonds. The summed E-state index contributed by atoms with van der Waals surface area (Å²) >= 11 is 6.36. The van der Waals surface area contributed by atoms with Crippen molar-refractivity contribution in [3.8, 4) is 17.0 Å². The predicted octanol–water partition coefficient (Wildman–Crippen LogP) is 5.90. The normalized spacial score (nSPS) is 18.9. The van der Waals surface area contributed by atoms with Crippen molar-refractivity contribution in [1.29, 1.82) is 0 Å². The first-order valence-electron chi connectivity index (χ1n) is 15.5. The number of piperazine rings is 1. The number of nitrogens with zero attached hydrogens (tertiary/aromatic N) is 5. The molecule has 2 aliphatic heterocycles. The van der Waals surface area contributed by atoms with Gasteiger partial charge in [-0.3, -0.25) is 9.36 Å². The minimum atomic E-state index is -0.446. The van der Waals surface area contributed by atoms with Crippen LogP contribution in [0.5, 0.6) is 5.75 Å². The number of fused-ring (bicyclic) bond motifs is 1. The number of nitrogens with one attached hydrogen (secondary N) is 1. The second-order valence-corrected chi connectivity index (χ2v) is 12.1. The third-order valence-corrected chi connectivity index (χ3v) is 9.01. The molecule has 2 aromatic heterocycles. The summed E-state index contributed by atoms with van der Waals surface area (Å²) in [5, 5.41) is 3.98. The molecule has 0 spiro atoms. The van der Waals surface area contributed by atoms with Gasteiger partial charge in [0.2, 0.25) is 0 Å². The minimum absolute atomic E-state index is 0.0460. The standard InChI is InChI=1S/C34H38ClFN6O3/c1-4-25-21-40(34(44)42-15-12-22-18-23(36)19-27(35)32(22)42)16-17-41(25)29-11-10-28(26-8-6-7-9-30(26)45-5-2)38-31(29)33(43)37-24-13-14-39(3)20-24/h6-12,15,18-19,24-25H,4-5,13-14,16-17,20-21H2,1-3H3,(H,37,43)/t24-,25-/m1/s1. The number of carbonyl (C=O) groups excluding carboxylic acids is 2. The number of hydrogen-bond donors (Lipinski definition) is 1. The Labute approximate surface area is 267 Å². The Hall–Kier alpha value is -4.15. The molecule has 0 aliphatic carbocycles. The Bertz CT molecular complexity index is 1730. The lowest BCUT2D eigenvalue weighted by molar-refractivity contribution is 0.0933. The monoisotopic (exact) mass is 632 g/mol. The number of carbonyl (C=O) groups is 2. The first-order chi connectivity index (χ1) is 21.8. The summed E-state index contributed by atoms with van der Waals surface area (Å²) in [7, 11) is 2.05. The SMILES string of the molecule is CCOc1ccccc1-c1ccc(N2CCN(C(=O)n3ccc4cc(F)cc(Cl)c43)C[C@H]2CC)c(C(=O)N[C@@H]2CCN(C)C2)n1. The van der Waals surface area contributed by atoms with Crippen LogP contribution in [0.25, 0.3) is 22.2 Å². The largest absolute Gasteiger partial charge is 0.493 e. The molecule has 236 valence electrons. The van der Waals surface area contributed by atoms with Gasteiger partial charge in [0.05, 0.1) is 28.5 Å². The number of anilines is 1. The maximum absolute atomic E-state index is 13.9. The molecule has 0 radical (unpaired) electrons. The molecule has 0 unspecified atom stereocenters. The number of aromatic nitrogens is 2. The maximum Gasteiger partial charge on any atom is 0.328 e. The van der Waals surface area contributed by atoms with Gasteiger partial charge in [-0.05, 0) is 75.8 Å². The average Bonchev–Trinajstić information content (AvgIpc) is 3.66. The lowest BCUT2D eigenvalue weighted by atomic mass is 10.0. The Morgan fingerprint density at radius 2 is 1.89 bits per heavy atom. The fourth-order valence-corrected chi connectivity index (χ4v) is 6.78. The van der Waals surface area contributed by atoms with E-state index >= 15 is 0 Å². The van der Waals surface area contributed by atoms with Gasteiger partial charge in [-0.2, -0.15) is 0 Å². The van der Waals surface area contributed by atoms with Crippen LogP contribution >= 0.6 is 11.6 Å². The van der Waals surface area contributed by atoms with Gasteiger partial charge in [-0.15, -0.1) is 0 Å². The Morgan fingerprint density at radius 3 is 2.64 bits per heavy atom. The molecule has 11 heteroatoms. The number of likely N-dealkylation sites (N-methyl/N-ethyl adjacent to an activating group) is 1. The molecular weight excluding hydrogens is 595 g/mol. The highest BCUT2D eigenvalue weighted by molar-refractivity contribution is 6.35. The molecule has 4 heterocycles. The van der Waals surface area contributed by atoms with Crippen LogP contribution < -0.4 is 15.0 Å². The number of pyridine rings is 1. The van der Waals surface area contributed by atoms with Gasteiger partial charge >= 0.3 is 6.03 Å². The van der Waals surface area contributed by atoms with Crippen LogP contribution in [0.15, 0.2) is 60.8 Å². The highest BCUT2D eigenvalue weighted by Gasteiger charge is 2.33. The number of amides is 2. The second-order valence-electron chi connectivity index (χ2n) is 11.7. The van der Waals surface area contributed by atoms with Gasteiger partial charge in [0, 0.05) is 55.4 Å². The highest BCUT2D eigenvalue weighted by atomic mass is 35.5. The number of benzene rings is 2. The van der Waals surface area contributed by atoms with Gasteiger partial charge in [-0.1, -0.05) is 30.7 Å². The molecule has 1 N–H and O–H groups in total. The molecule has 4 aromatic rings. The lowest BCUT2D eigenvalue weighted by Gasteiger charge is -2.43. The average molecular weight is 633 g/mol. The predicted molar refractivity (Wildman–Crippen MR) is 175 cm³/mol. The van der Waals surface area contributed by atoms with E-state index in [0.29, 0.717) is 54.3 Å². The van der Waals surface area contributed by atoms with Gasteiger partial charge in [0.25, 0.3) is 5.91 Å². The summed E-state index contributed by atoms with van der Waals surface area (Å²) in [6.45, 7) is 7.62. The number of halogens is 2. The zero-order valence-corrected chi connectivity index (χ0v) is 26.6. The zero-order valence-electron chi connectivity index (χ0n) is 25.8. The van der Waals surface area contributed by atoms with E-state index < -0.39 is 5.82 Å². The zero-order chi connectivity index (χ0) is 31.7. The van der Waals surface area contributed by atoms with Crippen molar-refractivity contribution in [2.24, 2.45) is 0 Å². The van der Waals surface area contributed by atoms with E-state index in [1.54, 1.807) is 17.2 Å². The Kier molecular flexibility index (Phi) is 8.96. The molecule has 2 aliphatic rings. The second kappa shape index (κ2) is 13.1. The molecule has 2 saturated heterocycles. The summed E-state index contributed by atoms with van der Waals surface area (Å²) in [5.74, 6) is 0.0520. The Morgan fingerprint density at radius 1 is 1.07 bits per heavy atom. The molecule has 2 aromatic carbocycles. The summed E-state index contributed by atoms with van der Waals surface area (Å²) in [6.07, 6.45) is 3.26. The van der Waals surface area contributed by atoms with E-state index in [0.717, 1.165) is 37.2 Å². The topological polar surface area (TPSA) is 82.9 Å².